The third kappa shape index (κ3) is 6.16. The molecule has 1 aliphatic heterocycles. The van der Waals surface area contributed by atoms with E-state index >= 15 is 0 Å². The Morgan fingerprint density at radius 2 is 1.50 bits per heavy atom. The van der Waals surface area contributed by atoms with Crippen LogP contribution in [-0.4, -0.2) is 58.0 Å². The summed E-state index contributed by atoms with van der Waals surface area (Å²) in [5, 5.41) is 11.5. The first kappa shape index (κ1) is 27.2. The predicted octanol–water partition coefficient (Wildman–Crippen LogP) is 4.68. The zero-order valence-electron chi connectivity index (χ0n) is 23.2. The first-order chi connectivity index (χ1) is 20.7. The zero-order chi connectivity index (χ0) is 28.7. The number of amides is 2. The standard InChI is InChI=1S/C33H32N6O3/c40-31(24-39-30-14-8-7-13-29(30)35-36-39)38(23-25-9-3-1-4-10-25)32(26-11-5-2-6-12-26)33(41)34-27-15-17-28(18-16-27)37-19-21-42-22-20-37/h1-18,32H,19-24H2,(H,34,41). The van der Waals surface area contributed by atoms with Crippen LogP contribution in [0.2, 0.25) is 0 Å². The van der Waals surface area contributed by atoms with Crippen LogP contribution >= 0.6 is 0 Å². The third-order valence-corrected chi connectivity index (χ3v) is 7.41. The highest BCUT2D eigenvalue weighted by atomic mass is 16.5. The molecule has 2 amide bonds. The summed E-state index contributed by atoms with van der Waals surface area (Å²) in [7, 11) is 0. The average Bonchev–Trinajstić information content (AvgIpc) is 3.45. The number of hydrogen-bond donors (Lipinski definition) is 1. The molecule has 1 saturated heterocycles. The number of para-hydroxylation sites is 1. The summed E-state index contributed by atoms with van der Waals surface area (Å²) in [5.41, 5.74) is 4.83. The monoisotopic (exact) mass is 560 g/mol. The average molecular weight is 561 g/mol. The SMILES string of the molecule is O=C(Nc1ccc(N2CCOCC2)cc1)C(c1ccccc1)N(Cc1ccccc1)C(=O)Cn1nnc2ccccc21. The second kappa shape index (κ2) is 12.7. The molecule has 6 rings (SSSR count). The number of benzene rings is 4. The first-order valence-corrected chi connectivity index (χ1v) is 14.1. The van der Waals surface area contributed by atoms with Gasteiger partial charge >= 0.3 is 0 Å². The lowest BCUT2D eigenvalue weighted by molar-refractivity contribution is -0.140. The van der Waals surface area contributed by atoms with Crippen molar-refractivity contribution in [2.45, 2.75) is 19.1 Å². The molecule has 5 aromatic rings. The first-order valence-electron chi connectivity index (χ1n) is 14.1. The lowest BCUT2D eigenvalue weighted by Crippen LogP contribution is -2.42. The summed E-state index contributed by atoms with van der Waals surface area (Å²) >= 11 is 0. The van der Waals surface area contributed by atoms with Gasteiger partial charge in [-0.25, -0.2) is 4.68 Å². The lowest BCUT2D eigenvalue weighted by Gasteiger charge is -2.32. The van der Waals surface area contributed by atoms with Gasteiger partial charge in [-0.1, -0.05) is 78.0 Å². The number of nitrogens with zero attached hydrogens (tertiary/aromatic N) is 5. The van der Waals surface area contributed by atoms with Crippen molar-refractivity contribution >= 4 is 34.2 Å². The second-order valence-electron chi connectivity index (χ2n) is 10.2. The van der Waals surface area contributed by atoms with E-state index in [9.17, 15) is 9.59 Å². The third-order valence-electron chi connectivity index (χ3n) is 7.41. The Hall–Kier alpha value is -5.02. The Morgan fingerprint density at radius 3 is 2.24 bits per heavy atom. The minimum Gasteiger partial charge on any atom is -0.378 e. The fourth-order valence-corrected chi connectivity index (χ4v) is 5.25. The molecule has 1 aliphatic rings. The molecular weight excluding hydrogens is 528 g/mol. The lowest BCUT2D eigenvalue weighted by atomic mass is 10.0. The Kier molecular flexibility index (Phi) is 8.19. The molecule has 0 bridgehead atoms. The molecule has 1 aromatic heterocycles. The van der Waals surface area contributed by atoms with Gasteiger partial charge in [0.15, 0.2) is 0 Å². The van der Waals surface area contributed by atoms with Crippen LogP contribution in [-0.2, 0) is 27.4 Å². The van der Waals surface area contributed by atoms with Crippen molar-refractivity contribution in [2.24, 2.45) is 0 Å². The van der Waals surface area contributed by atoms with Crippen LogP contribution in [0, 0.1) is 0 Å². The maximum Gasteiger partial charge on any atom is 0.251 e. The van der Waals surface area contributed by atoms with E-state index in [0.717, 1.165) is 29.9 Å². The molecule has 42 heavy (non-hydrogen) atoms. The van der Waals surface area contributed by atoms with E-state index in [1.165, 1.54) is 0 Å². The van der Waals surface area contributed by atoms with Gasteiger partial charge in [0, 0.05) is 31.0 Å². The Morgan fingerprint density at radius 1 is 0.833 bits per heavy atom. The number of carbonyl (C=O) groups is 2. The van der Waals surface area contributed by atoms with Gasteiger partial charge < -0.3 is 19.9 Å². The molecule has 1 fully saturated rings. The molecule has 9 heteroatoms. The van der Waals surface area contributed by atoms with Crippen LogP contribution < -0.4 is 10.2 Å². The summed E-state index contributed by atoms with van der Waals surface area (Å²) in [6.07, 6.45) is 0. The number of rotatable bonds is 9. The van der Waals surface area contributed by atoms with Gasteiger partial charge in [0.2, 0.25) is 5.91 Å². The summed E-state index contributed by atoms with van der Waals surface area (Å²) in [6, 6.07) is 33.5. The molecule has 0 aliphatic carbocycles. The van der Waals surface area contributed by atoms with Gasteiger partial charge in [-0.05, 0) is 47.5 Å². The number of ether oxygens (including phenoxy) is 1. The maximum atomic E-state index is 14.1. The summed E-state index contributed by atoms with van der Waals surface area (Å²) < 4.78 is 7.05. The van der Waals surface area contributed by atoms with Crippen LogP contribution in [0.5, 0.6) is 0 Å². The van der Waals surface area contributed by atoms with E-state index in [4.69, 9.17) is 4.74 Å². The Labute approximate surface area is 244 Å². The highest BCUT2D eigenvalue weighted by Crippen LogP contribution is 2.27. The van der Waals surface area contributed by atoms with Crippen molar-refractivity contribution in [1.82, 2.24) is 19.9 Å². The Balaban J connectivity index is 1.31. The second-order valence-corrected chi connectivity index (χ2v) is 10.2. The van der Waals surface area contributed by atoms with E-state index in [1.54, 1.807) is 9.58 Å². The van der Waals surface area contributed by atoms with E-state index < -0.39 is 6.04 Å². The van der Waals surface area contributed by atoms with Crippen molar-refractivity contribution in [3.63, 3.8) is 0 Å². The van der Waals surface area contributed by atoms with Crippen LogP contribution in [0.15, 0.2) is 109 Å². The van der Waals surface area contributed by atoms with Crippen molar-refractivity contribution in [3.05, 3.63) is 120 Å². The van der Waals surface area contributed by atoms with E-state index in [-0.39, 0.29) is 24.9 Å². The molecule has 1 unspecified atom stereocenters. The zero-order valence-corrected chi connectivity index (χ0v) is 23.2. The molecule has 1 atom stereocenters. The van der Waals surface area contributed by atoms with Crippen molar-refractivity contribution in [2.75, 3.05) is 36.5 Å². The number of aromatic nitrogens is 3. The van der Waals surface area contributed by atoms with Gasteiger partial charge in [0.25, 0.3) is 5.91 Å². The molecule has 2 heterocycles. The summed E-state index contributed by atoms with van der Waals surface area (Å²) in [6.45, 7) is 3.26. The van der Waals surface area contributed by atoms with Gasteiger partial charge in [0.1, 0.15) is 18.1 Å². The van der Waals surface area contributed by atoms with Gasteiger partial charge in [-0.3, -0.25) is 9.59 Å². The minimum absolute atomic E-state index is 0.0573. The fourth-order valence-electron chi connectivity index (χ4n) is 5.25. The van der Waals surface area contributed by atoms with Crippen LogP contribution in [0.1, 0.15) is 17.2 Å². The number of anilines is 2. The molecule has 0 saturated carbocycles. The van der Waals surface area contributed by atoms with Crippen molar-refractivity contribution in [3.8, 4) is 0 Å². The van der Waals surface area contributed by atoms with Crippen molar-refractivity contribution < 1.29 is 14.3 Å². The van der Waals surface area contributed by atoms with E-state index in [1.807, 2.05) is 109 Å². The molecule has 4 aromatic carbocycles. The van der Waals surface area contributed by atoms with Gasteiger partial charge in [-0.2, -0.15) is 0 Å². The summed E-state index contributed by atoms with van der Waals surface area (Å²) in [4.78, 5) is 32.1. The maximum absolute atomic E-state index is 14.1. The molecule has 9 nitrogen and oxygen atoms in total. The topological polar surface area (TPSA) is 92.6 Å². The van der Waals surface area contributed by atoms with Crippen LogP contribution in [0.4, 0.5) is 11.4 Å². The highest BCUT2D eigenvalue weighted by molar-refractivity contribution is 5.98. The number of fused-ring (bicyclic) bond motifs is 1. The van der Waals surface area contributed by atoms with Crippen LogP contribution in [0.3, 0.4) is 0 Å². The quantitative estimate of drug-likeness (QED) is 0.282. The minimum atomic E-state index is -0.882. The molecule has 212 valence electrons. The van der Waals surface area contributed by atoms with E-state index in [0.29, 0.717) is 30.0 Å². The number of hydrogen-bond acceptors (Lipinski definition) is 6. The molecule has 1 N–H and O–H groups in total. The van der Waals surface area contributed by atoms with E-state index in [2.05, 4.69) is 20.5 Å². The number of nitrogens with one attached hydrogen (secondary N) is 1. The highest BCUT2D eigenvalue weighted by Gasteiger charge is 2.32. The number of carbonyl (C=O) groups excluding carboxylic acids is 2. The molecular formula is C33H32N6O3. The van der Waals surface area contributed by atoms with Crippen molar-refractivity contribution in [1.29, 1.82) is 0 Å². The normalized spacial score (nSPS) is 14.0. The number of morpholine rings is 1. The smallest absolute Gasteiger partial charge is 0.251 e. The largest absolute Gasteiger partial charge is 0.378 e. The van der Waals surface area contributed by atoms with Gasteiger partial charge in [0.05, 0.1) is 18.7 Å². The van der Waals surface area contributed by atoms with Crippen LogP contribution in [0.25, 0.3) is 11.0 Å². The fraction of sp³-hybridized carbons (Fsp3) is 0.212. The van der Waals surface area contributed by atoms with Gasteiger partial charge in [-0.15, -0.1) is 5.10 Å². The molecule has 0 spiro atoms. The summed E-state index contributed by atoms with van der Waals surface area (Å²) in [5.74, 6) is -0.547. The Bertz CT molecular complexity index is 1630. The predicted molar refractivity (Wildman–Crippen MR) is 162 cm³/mol. The molecule has 0 radical (unpaired) electrons.